The molecule has 1 heterocycles. The zero-order valence-electron chi connectivity index (χ0n) is 11.9. The molecular weight excluding hydrogens is 268 g/mol. The summed E-state index contributed by atoms with van der Waals surface area (Å²) in [6.45, 7) is 3.26. The summed E-state index contributed by atoms with van der Waals surface area (Å²) in [6, 6.07) is 9.46. The van der Waals surface area contributed by atoms with Gasteiger partial charge in [0.15, 0.2) is 5.78 Å². The van der Waals surface area contributed by atoms with E-state index in [1.807, 2.05) is 30.3 Å². The number of phenolic OH excluding ortho intramolecular Hbond substituents is 2. The summed E-state index contributed by atoms with van der Waals surface area (Å²) in [5, 5.41) is 20.1. The van der Waals surface area contributed by atoms with E-state index in [1.165, 1.54) is 0 Å². The van der Waals surface area contributed by atoms with Crippen molar-refractivity contribution in [1.82, 2.24) is 0 Å². The molecule has 0 spiro atoms. The zero-order chi connectivity index (χ0) is 15.1. The van der Waals surface area contributed by atoms with E-state index in [-0.39, 0.29) is 35.0 Å². The van der Waals surface area contributed by atoms with Gasteiger partial charge in [-0.1, -0.05) is 30.3 Å². The monoisotopic (exact) mass is 284 g/mol. The highest BCUT2D eigenvalue weighted by molar-refractivity contribution is 6.03. The van der Waals surface area contributed by atoms with Gasteiger partial charge in [-0.05, 0) is 19.4 Å². The fourth-order valence-electron chi connectivity index (χ4n) is 2.70. The highest BCUT2D eigenvalue weighted by Gasteiger charge is 2.33. The smallest absolute Gasteiger partial charge is 0.174 e. The number of carbonyl (C=O) groups is 1. The second-order valence-electron chi connectivity index (χ2n) is 5.30. The van der Waals surface area contributed by atoms with Gasteiger partial charge in [0, 0.05) is 11.1 Å². The first-order valence-electron chi connectivity index (χ1n) is 6.80. The SMILES string of the molecule is Cc1c(O)c(C)c2c(c1O)C(=O)C[C@H](c1ccccc1)O2. The van der Waals surface area contributed by atoms with Crippen LogP contribution in [0.2, 0.25) is 0 Å². The Morgan fingerprint density at radius 2 is 1.71 bits per heavy atom. The largest absolute Gasteiger partial charge is 0.507 e. The summed E-state index contributed by atoms with van der Waals surface area (Å²) in [6.07, 6.45) is -0.222. The molecule has 0 saturated heterocycles. The lowest BCUT2D eigenvalue weighted by molar-refractivity contribution is 0.0842. The number of rotatable bonds is 1. The van der Waals surface area contributed by atoms with Crippen molar-refractivity contribution >= 4 is 5.78 Å². The van der Waals surface area contributed by atoms with Crippen molar-refractivity contribution in [3.05, 3.63) is 52.6 Å². The van der Waals surface area contributed by atoms with Gasteiger partial charge < -0.3 is 14.9 Å². The van der Waals surface area contributed by atoms with Crippen molar-refractivity contribution < 1.29 is 19.7 Å². The fraction of sp³-hybridized carbons (Fsp3) is 0.235. The van der Waals surface area contributed by atoms with Gasteiger partial charge >= 0.3 is 0 Å². The van der Waals surface area contributed by atoms with Crippen LogP contribution in [0.1, 0.15) is 39.6 Å². The van der Waals surface area contributed by atoms with Crippen molar-refractivity contribution in [2.24, 2.45) is 0 Å². The van der Waals surface area contributed by atoms with Gasteiger partial charge in [-0.15, -0.1) is 0 Å². The van der Waals surface area contributed by atoms with Crippen LogP contribution >= 0.6 is 0 Å². The van der Waals surface area contributed by atoms with Gasteiger partial charge in [0.1, 0.15) is 28.9 Å². The number of hydrogen-bond acceptors (Lipinski definition) is 4. The molecule has 2 aromatic rings. The third-order valence-electron chi connectivity index (χ3n) is 3.95. The number of hydrogen-bond donors (Lipinski definition) is 2. The Morgan fingerprint density at radius 1 is 1.05 bits per heavy atom. The van der Waals surface area contributed by atoms with Gasteiger partial charge in [-0.25, -0.2) is 0 Å². The molecule has 0 aliphatic carbocycles. The molecular formula is C17H16O4. The maximum Gasteiger partial charge on any atom is 0.174 e. The lowest BCUT2D eigenvalue weighted by Crippen LogP contribution is -2.21. The minimum absolute atomic E-state index is 0.0345. The number of phenols is 2. The topological polar surface area (TPSA) is 66.8 Å². The molecule has 4 nitrogen and oxygen atoms in total. The number of benzene rings is 2. The summed E-state index contributed by atoms with van der Waals surface area (Å²) < 4.78 is 5.90. The Labute approximate surface area is 122 Å². The highest BCUT2D eigenvalue weighted by Crippen LogP contribution is 2.47. The third kappa shape index (κ3) is 2.03. The van der Waals surface area contributed by atoms with Crippen molar-refractivity contribution in [3.63, 3.8) is 0 Å². The van der Waals surface area contributed by atoms with E-state index in [0.29, 0.717) is 11.1 Å². The molecule has 3 rings (SSSR count). The number of carbonyl (C=O) groups excluding carboxylic acids is 1. The maximum absolute atomic E-state index is 12.4. The summed E-state index contributed by atoms with van der Waals surface area (Å²) in [5.41, 5.74) is 1.86. The molecule has 4 heteroatoms. The number of ether oxygens (including phenoxy) is 1. The molecule has 21 heavy (non-hydrogen) atoms. The van der Waals surface area contributed by atoms with Crippen LogP contribution in [0.15, 0.2) is 30.3 Å². The molecule has 0 radical (unpaired) electrons. The summed E-state index contributed by atoms with van der Waals surface area (Å²) >= 11 is 0. The lowest BCUT2D eigenvalue weighted by atomic mass is 9.92. The molecule has 0 bridgehead atoms. The van der Waals surface area contributed by atoms with Crippen molar-refractivity contribution in [3.8, 4) is 17.2 Å². The van der Waals surface area contributed by atoms with Crippen molar-refractivity contribution in [2.75, 3.05) is 0 Å². The van der Waals surface area contributed by atoms with Crippen LogP contribution < -0.4 is 4.74 Å². The molecule has 1 aliphatic rings. The van der Waals surface area contributed by atoms with E-state index < -0.39 is 6.10 Å². The minimum atomic E-state index is -0.397. The van der Waals surface area contributed by atoms with E-state index in [9.17, 15) is 15.0 Å². The molecule has 0 saturated carbocycles. The van der Waals surface area contributed by atoms with Crippen LogP contribution in [0.25, 0.3) is 0 Å². The molecule has 0 amide bonds. The van der Waals surface area contributed by atoms with Crippen LogP contribution in [-0.2, 0) is 0 Å². The van der Waals surface area contributed by atoms with E-state index in [4.69, 9.17) is 4.74 Å². The average molecular weight is 284 g/mol. The van der Waals surface area contributed by atoms with E-state index in [1.54, 1.807) is 13.8 Å². The first-order chi connectivity index (χ1) is 10.0. The standard InChI is InChI=1S/C17H16O4/c1-9-15(19)10(2)17-14(16(9)20)12(18)8-13(21-17)11-6-4-3-5-7-11/h3-7,13,19-20H,8H2,1-2H3/t13-/m1/s1. The van der Waals surface area contributed by atoms with E-state index in [0.717, 1.165) is 5.56 Å². The summed E-state index contributed by atoms with van der Waals surface area (Å²) in [5.74, 6) is -0.119. The fourth-order valence-corrected chi connectivity index (χ4v) is 2.70. The molecule has 0 unspecified atom stereocenters. The quantitative estimate of drug-likeness (QED) is 0.842. The van der Waals surface area contributed by atoms with Crippen LogP contribution in [-0.4, -0.2) is 16.0 Å². The van der Waals surface area contributed by atoms with Crippen LogP contribution in [0.3, 0.4) is 0 Å². The Kier molecular flexibility index (Phi) is 3.09. The number of aromatic hydroxyl groups is 2. The van der Waals surface area contributed by atoms with Gasteiger partial charge in [0.2, 0.25) is 0 Å². The average Bonchev–Trinajstić information content (AvgIpc) is 2.51. The summed E-state index contributed by atoms with van der Waals surface area (Å²) in [4.78, 5) is 12.4. The van der Waals surface area contributed by atoms with Crippen LogP contribution in [0, 0.1) is 13.8 Å². The Balaban J connectivity index is 2.13. The van der Waals surface area contributed by atoms with Gasteiger partial charge in [0.25, 0.3) is 0 Å². The highest BCUT2D eigenvalue weighted by atomic mass is 16.5. The zero-order valence-corrected chi connectivity index (χ0v) is 11.9. The lowest BCUT2D eigenvalue weighted by Gasteiger charge is -2.28. The van der Waals surface area contributed by atoms with Crippen molar-refractivity contribution in [1.29, 1.82) is 0 Å². The summed E-state index contributed by atoms with van der Waals surface area (Å²) in [7, 11) is 0. The van der Waals surface area contributed by atoms with Crippen LogP contribution in [0.5, 0.6) is 17.2 Å². The minimum Gasteiger partial charge on any atom is -0.507 e. The molecule has 1 atom stereocenters. The second kappa shape index (κ2) is 4.81. The van der Waals surface area contributed by atoms with E-state index >= 15 is 0 Å². The number of fused-ring (bicyclic) bond motifs is 1. The van der Waals surface area contributed by atoms with Gasteiger partial charge in [-0.2, -0.15) is 0 Å². The predicted molar refractivity (Wildman–Crippen MR) is 78.0 cm³/mol. The molecule has 0 aromatic heterocycles. The van der Waals surface area contributed by atoms with Crippen molar-refractivity contribution in [2.45, 2.75) is 26.4 Å². The first kappa shape index (κ1) is 13.5. The molecule has 2 aromatic carbocycles. The maximum atomic E-state index is 12.4. The molecule has 108 valence electrons. The predicted octanol–water partition coefficient (Wildman–Crippen LogP) is 3.42. The van der Waals surface area contributed by atoms with Gasteiger partial charge in [0.05, 0.1) is 6.42 Å². The molecule has 1 aliphatic heterocycles. The van der Waals surface area contributed by atoms with Crippen LogP contribution in [0.4, 0.5) is 0 Å². The molecule has 2 N–H and O–H groups in total. The third-order valence-corrected chi connectivity index (χ3v) is 3.95. The normalized spacial score (nSPS) is 17.2. The Hall–Kier alpha value is -2.49. The number of ketones is 1. The second-order valence-corrected chi connectivity index (χ2v) is 5.30. The first-order valence-corrected chi connectivity index (χ1v) is 6.80. The Bertz CT molecular complexity index is 720. The van der Waals surface area contributed by atoms with Gasteiger partial charge in [-0.3, -0.25) is 4.79 Å². The van der Waals surface area contributed by atoms with E-state index in [2.05, 4.69) is 0 Å². The Morgan fingerprint density at radius 3 is 2.38 bits per heavy atom. The number of Topliss-reactive ketones (excluding diaryl/α,β-unsaturated/α-hetero) is 1. The molecule has 0 fully saturated rings.